The van der Waals surface area contributed by atoms with Crippen molar-refractivity contribution in [3.63, 3.8) is 0 Å². The van der Waals surface area contributed by atoms with Crippen LogP contribution in [0.4, 0.5) is 0 Å². The summed E-state index contributed by atoms with van der Waals surface area (Å²) < 4.78 is 5.51. The van der Waals surface area contributed by atoms with E-state index in [9.17, 15) is 4.79 Å². The van der Waals surface area contributed by atoms with Crippen LogP contribution < -0.4 is 0 Å². The number of aromatic carboxylic acids is 1. The fourth-order valence-electron chi connectivity index (χ4n) is 2.73. The maximum Gasteiger partial charge on any atom is 0.339 e. The molecule has 1 aliphatic carbocycles. The summed E-state index contributed by atoms with van der Waals surface area (Å²) in [4.78, 5) is 13.2. The van der Waals surface area contributed by atoms with Crippen LogP contribution in [0.3, 0.4) is 0 Å². The molecule has 0 saturated heterocycles. The molecule has 100 valence electrons. The number of rotatable bonds is 4. The van der Waals surface area contributed by atoms with Gasteiger partial charge in [0.2, 0.25) is 0 Å². The third-order valence-electron chi connectivity index (χ3n) is 3.80. The van der Waals surface area contributed by atoms with E-state index < -0.39 is 5.97 Å². The molecule has 1 N–H and O–H groups in total. The van der Waals surface area contributed by atoms with Crippen LogP contribution in [-0.4, -0.2) is 29.1 Å². The molecule has 1 aromatic rings. The minimum atomic E-state index is -0.914. The van der Waals surface area contributed by atoms with Crippen molar-refractivity contribution in [3.8, 4) is 0 Å². The molecule has 0 amide bonds. The lowest BCUT2D eigenvalue weighted by atomic mass is 9.94. The van der Waals surface area contributed by atoms with Gasteiger partial charge in [0.15, 0.2) is 0 Å². The molecule has 0 aliphatic heterocycles. The Kier molecular flexibility index (Phi) is 4.07. The number of carboxylic acids is 1. The normalized spacial score (nSPS) is 17.3. The molecule has 1 heterocycles. The van der Waals surface area contributed by atoms with E-state index in [0.29, 0.717) is 18.3 Å². The lowest BCUT2D eigenvalue weighted by molar-refractivity contribution is 0.0695. The third kappa shape index (κ3) is 2.93. The Morgan fingerprint density at radius 1 is 1.44 bits per heavy atom. The smallest absolute Gasteiger partial charge is 0.339 e. The van der Waals surface area contributed by atoms with Crippen molar-refractivity contribution in [1.82, 2.24) is 4.90 Å². The molecule has 1 aromatic heterocycles. The van der Waals surface area contributed by atoms with Crippen molar-refractivity contribution >= 4 is 5.97 Å². The van der Waals surface area contributed by atoms with E-state index in [0.717, 1.165) is 5.76 Å². The number of hydrogen-bond acceptors (Lipinski definition) is 3. The molecule has 0 atom stereocenters. The van der Waals surface area contributed by atoms with Gasteiger partial charge in [-0.15, -0.1) is 0 Å². The molecule has 0 unspecified atom stereocenters. The quantitative estimate of drug-likeness (QED) is 0.893. The predicted molar refractivity (Wildman–Crippen MR) is 68.7 cm³/mol. The highest BCUT2D eigenvalue weighted by atomic mass is 16.4. The molecule has 2 rings (SSSR count). The van der Waals surface area contributed by atoms with E-state index in [1.807, 2.05) is 0 Å². The Hall–Kier alpha value is -1.29. The molecule has 0 aromatic carbocycles. The Balaban J connectivity index is 2.00. The zero-order chi connectivity index (χ0) is 13.1. The minimum Gasteiger partial charge on any atom is -0.478 e. The van der Waals surface area contributed by atoms with Crippen LogP contribution in [0.1, 0.15) is 54.0 Å². The Morgan fingerprint density at radius 3 is 2.67 bits per heavy atom. The first-order valence-corrected chi connectivity index (χ1v) is 6.61. The second-order valence-corrected chi connectivity index (χ2v) is 5.19. The average molecular weight is 251 g/mol. The zero-order valence-electron chi connectivity index (χ0n) is 11.1. The number of aryl methyl sites for hydroxylation is 1. The minimum absolute atomic E-state index is 0.280. The predicted octanol–water partition coefficient (Wildman–Crippen LogP) is 3.05. The van der Waals surface area contributed by atoms with E-state index in [4.69, 9.17) is 9.52 Å². The van der Waals surface area contributed by atoms with Gasteiger partial charge in [0, 0.05) is 6.04 Å². The number of furan rings is 1. The van der Waals surface area contributed by atoms with Crippen LogP contribution >= 0.6 is 0 Å². The summed E-state index contributed by atoms with van der Waals surface area (Å²) in [5.41, 5.74) is 0.280. The van der Waals surface area contributed by atoms with Crippen LogP contribution in [0.25, 0.3) is 0 Å². The number of carboxylic acid groups (broad SMARTS) is 1. The number of carbonyl (C=O) groups is 1. The first kappa shape index (κ1) is 13.1. The summed E-state index contributed by atoms with van der Waals surface area (Å²) in [6, 6.07) is 2.26. The number of nitrogens with zero attached hydrogens (tertiary/aromatic N) is 1. The van der Waals surface area contributed by atoms with Crippen LogP contribution in [0, 0.1) is 6.92 Å². The van der Waals surface area contributed by atoms with Crippen molar-refractivity contribution in [2.45, 2.75) is 51.6 Å². The molecular formula is C14H21NO3. The molecule has 4 nitrogen and oxygen atoms in total. The van der Waals surface area contributed by atoms with E-state index >= 15 is 0 Å². The van der Waals surface area contributed by atoms with Crippen molar-refractivity contribution in [2.75, 3.05) is 7.05 Å². The van der Waals surface area contributed by atoms with E-state index in [-0.39, 0.29) is 5.56 Å². The van der Waals surface area contributed by atoms with Gasteiger partial charge >= 0.3 is 5.97 Å². The van der Waals surface area contributed by atoms with Crippen LogP contribution in [0.15, 0.2) is 10.5 Å². The largest absolute Gasteiger partial charge is 0.478 e. The topological polar surface area (TPSA) is 53.7 Å². The summed E-state index contributed by atoms with van der Waals surface area (Å²) in [5, 5.41) is 8.99. The van der Waals surface area contributed by atoms with Gasteiger partial charge in [-0.2, -0.15) is 0 Å². The molecule has 1 aliphatic rings. The zero-order valence-corrected chi connectivity index (χ0v) is 11.1. The van der Waals surface area contributed by atoms with Gasteiger partial charge in [-0.3, -0.25) is 4.90 Å². The van der Waals surface area contributed by atoms with Crippen molar-refractivity contribution in [2.24, 2.45) is 0 Å². The standard InChI is InChI=1S/C14H21NO3/c1-10-13(14(16)17)8-12(18-10)9-15(2)11-6-4-3-5-7-11/h8,11H,3-7,9H2,1-2H3,(H,16,17). The molecule has 1 fully saturated rings. The molecule has 0 bridgehead atoms. The first-order chi connectivity index (χ1) is 8.58. The lowest BCUT2D eigenvalue weighted by Gasteiger charge is -2.30. The summed E-state index contributed by atoms with van der Waals surface area (Å²) in [6.45, 7) is 2.40. The maximum absolute atomic E-state index is 10.9. The lowest BCUT2D eigenvalue weighted by Crippen LogP contribution is -2.32. The third-order valence-corrected chi connectivity index (χ3v) is 3.80. The van der Waals surface area contributed by atoms with E-state index in [1.54, 1.807) is 13.0 Å². The molecular weight excluding hydrogens is 230 g/mol. The fraction of sp³-hybridized carbons (Fsp3) is 0.643. The Morgan fingerprint density at radius 2 is 2.11 bits per heavy atom. The van der Waals surface area contributed by atoms with Gasteiger partial charge < -0.3 is 9.52 Å². The average Bonchev–Trinajstić information content (AvgIpc) is 2.71. The van der Waals surface area contributed by atoms with E-state index in [2.05, 4.69) is 11.9 Å². The van der Waals surface area contributed by atoms with Crippen LogP contribution in [0.2, 0.25) is 0 Å². The second kappa shape index (κ2) is 5.57. The van der Waals surface area contributed by atoms with Crippen molar-refractivity contribution in [1.29, 1.82) is 0 Å². The van der Waals surface area contributed by atoms with E-state index in [1.165, 1.54) is 32.1 Å². The van der Waals surface area contributed by atoms with Crippen molar-refractivity contribution in [3.05, 3.63) is 23.2 Å². The monoisotopic (exact) mass is 251 g/mol. The molecule has 1 saturated carbocycles. The number of hydrogen-bond donors (Lipinski definition) is 1. The maximum atomic E-state index is 10.9. The summed E-state index contributed by atoms with van der Waals surface area (Å²) in [6.07, 6.45) is 6.41. The SMILES string of the molecule is Cc1oc(CN(C)C2CCCCC2)cc1C(=O)O. The molecule has 0 spiro atoms. The summed E-state index contributed by atoms with van der Waals surface area (Å²) >= 11 is 0. The van der Waals surface area contributed by atoms with Crippen LogP contribution in [-0.2, 0) is 6.54 Å². The van der Waals surface area contributed by atoms with Gasteiger partial charge in [-0.05, 0) is 32.9 Å². The van der Waals surface area contributed by atoms with Gasteiger partial charge in [0.1, 0.15) is 17.1 Å². The summed E-state index contributed by atoms with van der Waals surface area (Å²) in [5.74, 6) is 0.329. The Labute approximate surface area is 108 Å². The Bertz CT molecular complexity index is 419. The second-order valence-electron chi connectivity index (χ2n) is 5.19. The first-order valence-electron chi connectivity index (χ1n) is 6.61. The highest BCUT2D eigenvalue weighted by Crippen LogP contribution is 2.24. The van der Waals surface area contributed by atoms with Gasteiger partial charge in [0.25, 0.3) is 0 Å². The fourth-order valence-corrected chi connectivity index (χ4v) is 2.73. The van der Waals surface area contributed by atoms with Gasteiger partial charge in [0.05, 0.1) is 6.54 Å². The van der Waals surface area contributed by atoms with Gasteiger partial charge in [-0.25, -0.2) is 4.79 Å². The highest BCUT2D eigenvalue weighted by molar-refractivity contribution is 5.88. The molecule has 18 heavy (non-hydrogen) atoms. The van der Waals surface area contributed by atoms with Crippen molar-refractivity contribution < 1.29 is 14.3 Å². The van der Waals surface area contributed by atoms with Gasteiger partial charge in [-0.1, -0.05) is 19.3 Å². The highest BCUT2D eigenvalue weighted by Gasteiger charge is 2.20. The summed E-state index contributed by atoms with van der Waals surface area (Å²) in [7, 11) is 2.09. The van der Waals surface area contributed by atoms with Crippen LogP contribution in [0.5, 0.6) is 0 Å². The molecule has 4 heteroatoms. The molecule has 0 radical (unpaired) electrons.